The number of carbonyl (C=O) groups is 2. The van der Waals surface area contributed by atoms with Crippen LogP contribution in [-0.2, 0) is 4.79 Å². The van der Waals surface area contributed by atoms with Crippen molar-refractivity contribution in [3.8, 4) is 5.75 Å². The van der Waals surface area contributed by atoms with E-state index in [9.17, 15) is 14.7 Å². The lowest BCUT2D eigenvalue weighted by Crippen LogP contribution is -2.44. The van der Waals surface area contributed by atoms with Crippen LogP contribution in [0.1, 0.15) is 41.6 Å². The monoisotopic (exact) mass is 312 g/mol. The first-order chi connectivity index (χ1) is 11.1. The second kappa shape index (κ2) is 7.98. The molecule has 0 aromatic heterocycles. The minimum atomic E-state index is -0.556. The zero-order chi connectivity index (χ0) is 16.7. The highest BCUT2D eigenvalue weighted by molar-refractivity contribution is 5.98. The predicted molar refractivity (Wildman–Crippen MR) is 87.8 cm³/mol. The van der Waals surface area contributed by atoms with Gasteiger partial charge in [0, 0.05) is 0 Å². The molecule has 23 heavy (non-hydrogen) atoms. The molecule has 5 nitrogen and oxygen atoms in total. The Bertz CT molecular complexity index is 671. The minimum Gasteiger partial charge on any atom is -0.507 e. The Balaban J connectivity index is 2.02. The lowest BCUT2D eigenvalue weighted by Gasteiger charge is -2.17. The van der Waals surface area contributed by atoms with E-state index < -0.39 is 5.91 Å². The molecule has 0 aliphatic carbocycles. The van der Waals surface area contributed by atoms with Crippen molar-refractivity contribution in [3.63, 3.8) is 0 Å². The molecular weight excluding hydrogens is 292 g/mol. The van der Waals surface area contributed by atoms with Crippen LogP contribution in [0.25, 0.3) is 0 Å². The van der Waals surface area contributed by atoms with Crippen LogP contribution in [-0.4, -0.2) is 16.9 Å². The Morgan fingerprint density at radius 3 is 2.30 bits per heavy atom. The Labute approximate surface area is 135 Å². The summed E-state index contributed by atoms with van der Waals surface area (Å²) in [5, 5.41) is 9.64. The third-order valence-electron chi connectivity index (χ3n) is 3.54. The molecule has 5 heteroatoms. The molecule has 0 saturated carbocycles. The summed E-state index contributed by atoms with van der Waals surface area (Å²) >= 11 is 0. The van der Waals surface area contributed by atoms with Crippen molar-refractivity contribution < 1.29 is 14.7 Å². The number of hydrogen-bond acceptors (Lipinski definition) is 3. The highest BCUT2D eigenvalue weighted by Gasteiger charge is 2.20. The first-order valence-corrected chi connectivity index (χ1v) is 7.56. The number of hydrazine groups is 1. The van der Waals surface area contributed by atoms with Crippen LogP contribution in [0, 0.1) is 0 Å². The summed E-state index contributed by atoms with van der Waals surface area (Å²) in [5.74, 6) is -1.29. The molecule has 120 valence electrons. The van der Waals surface area contributed by atoms with Crippen LogP contribution >= 0.6 is 0 Å². The van der Waals surface area contributed by atoms with Crippen molar-refractivity contribution in [1.82, 2.24) is 10.9 Å². The van der Waals surface area contributed by atoms with Crippen LogP contribution in [0.5, 0.6) is 5.75 Å². The molecule has 1 atom stereocenters. The second-order valence-electron chi connectivity index (χ2n) is 5.21. The molecule has 2 aromatic rings. The second-order valence-corrected chi connectivity index (χ2v) is 5.21. The van der Waals surface area contributed by atoms with E-state index in [1.165, 1.54) is 12.1 Å². The van der Waals surface area contributed by atoms with E-state index in [0.29, 0.717) is 6.42 Å². The highest BCUT2D eigenvalue weighted by atomic mass is 16.3. The lowest BCUT2D eigenvalue weighted by atomic mass is 9.94. The summed E-state index contributed by atoms with van der Waals surface area (Å²) in [4.78, 5) is 24.4. The third kappa shape index (κ3) is 4.32. The molecular formula is C18H20N2O3. The van der Waals surface area contributed by atoms with Gasteiger partial charge in [0.1, 0.15) is 5.75 Å². The van der Waals surface area contributed by atoms with Gasteiger partial charge in [-0.2, -0.15) is 0 Å². The molecule has 2 amide bonds. The number of carbonyl (C=O) groups excluding carboxylic acids is 2. The van der Waals surface area contributed by atoms with Crippen molar-refractivity contribution >= 4 is 11.8 Å². The van der Waals surface area contributed by atoms with E-state index in [1.54, 1.807) is 12.1 Å². The maximum atomic E-state index is 12.4. The van der Waals surface area contributed by atoms with E-state index in [2.05, 4.69) is 10.9 Å². The van der Waals surface area contributed by atoms with Crippen LogP contribution in [0.3, 0.4) is 0 Å². The topological polar surface area (TPSA) is 78.4 Å². The standard InChI is InChI=1S/C18H20N2O3/c1-2-8-14(13-9-4-3-5-10-13)17(22)19-20-18(23)15-11-6-7-12-16(15)21/h3-7,9-12,14,21H,2,8H2,1H3,(H,19,22)(H,20,23). The number of rotatable bonds is 5. The predicted octanol–water partition coefficient (Wildman–Crippen LogP) is 2.74. The van der Waals surface area contributed by atoms with Gasteiger partial charge in [-0.25, -0.2) is 0 Å². The van der Waals surface area contributed by atoms with Crippen molar-refractivity contribution in [1.29, 1.82) is 0 Å². The van der Waals surface area contributed by atoms with Crippen molar-refractivity contribution in [2.75, 3.05) is 0 Å². The van der Waals surface area contributed by atoms with E-state index in [4.69, 9.17) is 0 Å². The molecule has 0 fully saturated rings. The number of phenolic OH excluding ortho intramolecular Hbond substituents is 1. The molecule has 0 bridgehead atoms. The van der Waals surface area contributed by atoms with Gasteiger partial charge in [-0.05, 0) is 24.1 Å². The fourth-order valence-electron chi connectivity index (χ4n) is 2.36. The molecule has 0 saturated heterocycles. The Morgan fingerprint density at radius 2 is 1.65 bits per heavy atom. The summed E-state index contributed by atoms with van der Waals surface area (Å²) in [6.45, 7) is 2.00. The van der Waals surface area contributed by atoms with Crippen molar-refractivity contribution in [2.45, 2.75) is 25.7 Å². The smallest absolute Gasteiger partial charge is 0.273 e. The van der Waals surface area contributed by atoms with Gasteiger partial charge >= 0.3 is 0 Å². The van der Waals surface area contributed by atoms with Crippen LogP contribution in [0.2, 0.25) is 0 Å². The van der Waals surface area contributed by atoms with Gasteiger partial charge in [0.05, 0.1) is 11.5 Å². The van der Waals surface area contributed by atoms with Gasteiger partial charge in [-0.15, -0.1) is 0 Å². The average Bonchev–Trinajstić information content (AvgIpc) is 2.58. The highest BCUT2D eigenvalue weighted by Crippen LogP contribution is 2.21. The number of aromatic hydroxyl groups is 1. The lowest BCUT2D eigenvalue weighted by molar-refractivity contribution is -0.123. The fourth-order valence-corrected chi connectivity index (χ4v) is 2.36. The maximum absolute atomic E-state index is 12.4. The average molecular weight is 312 g/mol. The normalized spacial score (nSPS) is 11.5. The van der Waals surface area contributed by atoms with Gasteiger partial charge in [0.15, 0.2) is 0 Å². The zero-order valence-electron chi connectivity index (χ0n) is 13.0. The third-order valence-corrected chi connectivity index (χ3v) is 3.54. The Hall–Kier alpha value is -2.82. The first-order valence-electron chi connectivity index (χ1n) is 7.56. The summed E-state index contributed by atoms with van der Waals surface area (Å²) in [7, 11) is 0. The van der Waals surface area contributed by atoms with Crippen LogP contribution < -0.4 is 10.9 Å². The first kappa shape index (κ1) is 16.5. The van der Waals surface area contributed by atoms with E-state index in [1.807, 2.05) is 37.3 Å². The summed E-state index contributed by atoms with van der Waals surface area (Å²) in [5.41, 5.74) is 5.81. The van der Waals surface area contributed by atoms with Gasteiger partial charge in [-0.1, -0.05) is 55.8 Å². The number of nitrogens with one attached hydrogen (secondary N) is 2. The molecule has 2 rings (SSSR count). The van der Waals surface area contributed by atoms with Gasteiger partial charge < -0.3 is 5.11 Å². The summed E-state index contributed by atoms with van der Waals surface area (Å²) in [6.07, 6.45) is 1.53. The zero-order valence-corrected chi connectivity index (χ0v) is 13.0. The van der Waals surface area contributed by atoms with E-state index in [0.717, 1.165) is 12.0 Å². The molecule has 0 spiro atoms. The summed E-state index contributed by atoms with van der Waals surface area (Å²) in [6, 6.07) is 15.6. The molecule has 0 radical (unpaired) electrons. The van der Waals surface area contributed by atoms with Gasteiger partial charge in [0.2, 0.25) is 5.91 Å². The Morgan fingerprint density at radius 1 is 1.00 bits per heavy atom. The largest absolute Gasteiger partial charge is 0.507 e. The van der Waals surface area contributed by atoms with E-state index >= 15 is 0 Å². The molecule has 0 heterocycles. The fraction of sp³-hybridized carbons (Fsp3) is 0.222. The SMILES string of the molecule is CCCC(C(=O)NNC(=O)c1ccccc1O)c1ccccc1. The number of amides is 2. The molecule has 3 N–H and O–H groups in total. The minimum absolute atomic E-state index is 0.111. The van der Waals surface area contributed by atoms with Crippen LogP contribution in [0.15, 0.2) is 54.6 Å². The van der Waals surface area contributed by atoms with Crippen molar-refractivity contribution in [2.24, 2.45) is 0 Å². The Kier molecular flexibility index (Phi) is 5.74. The van der Waals surface area contributed by atoms with Crippen LogP contribution in [0.4, 0.5) is 0 Å². The number of benzene rings is 2. The molecule has 0 aliphatic rings. The molecule has 2 aromatic carbocycles. The molecule has 1 unspecified atom stereocenters. The van der Waals surface area contributed by atoms with Gasteiger partial charge in [0.25, 0.3) is 5.91 Å². The van der Waals surface area contributed by atoms with Crippen molar-refractivity contribution in [3.05, 3.63) is 65.7 Å². The number of para-hydroxylation sites is 1. The quantitative estimate of drug-likeness (QED) is 0.743. The van der Waals surface area contributed by atoms with E-state index in [-0.39, 0.29) is 23.1 Å². The number of phenols is 1. The molecule has 0 aliphatic heterocycles. The number of hydrogen-bond donors (Lipinski definition) is 3. The maximum Gasteiger partial charge on any atom is 0.273 e. The summed E-state index contributed by atoms with van der Waals surface area (Å²) < 4.78 is 0. The van der Waals surface area contributed by atoms with Gasteiger partial charge in [-0.3, -0.25) is 20.4 Å².